The molecular formula is C20H24O5. The Balaban J connectivity index is 2.65. The third-order valence-electron chi connectivity index (χ3n) is 3.81. The zero-order valence-electron chi connectivity index (χ0n) is 15.1. The number of rotatable bonds is 8. The first-order valence-corrected chi connectivity index (χ1v) is 8.25. The summed E-state index contributed by atoms with van der Waals surface area (Å²) < 4.78 is 21.3. The fourth-order valence-electron chi connectivity index (χ4n) is 2.71. The molecule has 2 aromatic carbocycles. The smallest absolute Gasteiger partial charge is 0.330 e. The van der Waals surface area contributed by atoms with Crippen LogP contribution < -0.4 is 9.47 Å². The summed E-state index contributed by atoms with van der Waals surface area (Å²) in [6.07, 6.45) is 4.00. The topological polar surface area (TPSA) is 54.0 Å². The van der Waals surface area contributed by atoms with Gasteiger partial charge in [0.05, 0.1) is 13.7 Å². The van der Waals surface area contributed by atoms with E-state index in [1.807, 2.05) is 18.2 Å². The Bertz CT molecular complexity index is 764. The molecule has 0 saturated carbocycles. The van der Waals surface area contributed by atoms with E-state index in [1.165, 1.54) is 6.08 Å². The largest absolute Gasteiger partial charge is 0.493 e. The predicted molar refractivity (Wildman–Crippen MR) is 98.0 cm³/mol. The minimum Gasteiger partial charge on any atom is -0.493 e. The lowest BCUT2D eigenvalue weighted by Gasteiger charge is -2.17. The highest BCUT2D eigenvalue weighted by Gasteiger charge is 2.16. The fourth-order valence-corrected chi connectivity index (χ4v) is 2.71. The highest BCUT2D eigenvalue weighted by atomic mass is 16.7. The van der Waals surface area contributed by atoms with Gasteiger partial charge in [-0.1, -0.05) is 25.1 Å². The van der Waals surface area contributed by atoms with Crippen LogP contribution >= 0.6 is 0 Å². The molecule has 0 fully saturated rings. The SMILES string of the molecule is CCOC(=O)C=Cc1cc(OC)c(OCOC)c2c(CC)cccc12. The van der Waals surface area contributed by atoms with Crippen molar-refractivity contribution >= 4 is 22.8 Å². The minimum atomic E-state index is -0.374. The Hall–Kier alpha value is -2.53. The summed E-state index contributed by atoms with van der Waals surface area (Å²) in [7, 11) is 3.17. The molecule has 0 radical (unpaired) electrons. The number of hydrogen-bond acceptors (Lipinski definition) is 5. The second kappa shape index (κ2) is 9.08. The number of fused-ring (bicyclic) bond motifs is 1. The van der Waals surface area contributed by atoms with Crippen molar-refractivity contribution in [1.29, 1.82) is 0 Å². The molecule has 0 saturated heterocycles. The Labute approximate surface area is 148 Å². The van der Waals surface area contributed by atoms with Crippen LogP contribution in [0.3, 0.4) is 0 Å². The number of carbonyl (C=O) groups is 1. The summed E-state index contributed by atoms with van der Waals surface area (Å²) in [4.78, 5) is 11.7. The van der Waals surface area contributed by atoms with E-state index in [2.05, 4.69) is 13.0 Å². The third-order valence-corrected chi connectivity index (χ3v) is 3.81. The molecular weight excluding hydrogens is 320 g/mol. The van der Waals surface area contributed by atoms with Crippen molar-refractivity contribution < 1.29 is 23.7 Å². The lowest BCUT2D eigenvalue weighted by atomic mass is 9.97. The third kappa shape index (κ3) is 4.31. The van der Waals surface area contributed by atoms with Crippen LogP contribution in [0.1, 0.15) is 25.0 Å². The van der Waals surface area contributed by atoms with Gasteiger partial charge in [0.1, 0.15) is 0 Å². The van der Waals surface area contributed by atoms with Gasteiger partial charge in [-0.3, -0.25) is 0 Å². The van der Waals surface area contributed by atoms with Crippen LogP contribution in [0.2, 0.25) is 0 Å². The lowest BCUT2D eigenvalue weighted by Crippen LogP contribution is -2.03. The van der Waals surface area contributed by atoms with Gasteiger partial charge in [-0.05, 0) is 42.0 Å². The molecule has 2 rings (SSSR count). The highest BCUT2D eigenvalue weighted by molar-refractivity contribution is 6.01. The number of carbonyl (C=O) groups excluding carboxylic acids is 1. The minimum absolute atomic E-state index is 0.127. The van der Waals surface area contributed by atoms with Crippen LogP contribution in [-0.4, -0.2) is 33.6 Å². The zero-order chi connectivity index (χ0) is 18.2. The lowest BCUT2D eigenvalue weighted by molar-refractivity contribution is -0.137. The first-order valence-electron chi connectivity index (χ1n) is 8.25. The maximum atomic E-state index is 11.7. The van der Waals surface area contributed by atoms with Gasteiger partial charge in [-0.25, -0.2) is 4.79 Å². The van der Waals surface area contributed by atoms with Gasteiger partial charge in [0, 0.05) is 18.6 Å². The van der Waals surface area contributed by atoms with Crippen LogP contribution in [0.4, 0.5) is 0 Å². The standard InChI is InChI=1S/C20H24O5/c1-5-14-8-7-9-16-15(10-11-18(21)24-6-2)12-17(23-4)20(19(14)16)25-13-22-3/h7-12H,5-6,13H2,1-4H3. The molecule has 25 heavy (non-hydrogen) atoms. The number of benzene rings is 2. The summed E-state index contributed by atoms with van der Waals surface area (Å²) in [5, 5.41) is 1.94. The van der Waals surface area contributed by atoms with E-state index in [0.717, 1.165) is 28.3 Å². The molecule has 0 aliphatic rings. The van der Waals surface area contributed by atoms with Crippen molar-refractivity contribution in [3.8, 4) is 11.5 Å². The average Bonchev–Trinajstić information content (AvgIpc) is 2.64. The van der Waals surface area contributed by atoms with Crippen LogP contribution in [-0.2, 0) is 20.7 Å². The van der Waals surface area contributed by atoms with Gasteiger partial charge in [-0.2, -0.15) is 0 Å². The van der Waals surface area contributed by atoms with Crippen LogP contribution in [0, 0.1) is 0 Å². The van der Waals surface area contributed by atoms with Crippen LogP contribution in [0.5, 0.6) is 11.5 Å². The molecule has 5 nitrogen and oxygen atoms in total. The van der Waals surface area contributed by atoms with Crippen molar-refractivity contribution in [3.63, 3.8) is 0 Å². The van der Waals surface area contributed by atoms with Gasteiger partial charge < -0.3 is 18.9 Å². The monoisotopic (exact) mass is 344 g/mol. The van der Waals surface area contributed by atoms with Crippen molar-refractivity contribution in [2.75, 3.05) is 27.6 Å². The molecule has 134 valence electrons. The van der Waals surface area contributed by atoms with Crippen molar-refractivity contribution in [2.24, 2.45) is 0 Å². The van der Waals surface area contributed by atoms with E-state index in [4.69, 9.17) is 18.9 Å². The van der Waals surface area contributed by atoms with E-state index in [9.17, 15) is 4.79 Å². The molecule has 0 aliphatic heterocycles. The Morgan fingerprint density at radius 3 is 2.64 bits per heavy atom. The maximum absolute atomic E-state index is 11.7. The summed E-state index contributed by atoms with van der Waals surface area (Å²) in [5.74, 6) is 0.861. The molecule has 2 aromatic rings. The second-order valence-electron chi connectivity index (χ2n) is 5.33. The Kier molecular flexibility index (Phi) is 6.83. The van der Waals surface area contributed by atoms with Gasteiger partial charge in [0.15, 0.2) is 18.3 Å². The average molecular weight is 344 g/mol. The van der Waals surface area contributed by atoms with Gasteiger partial charge in [0.25, 0.3) is 0 Å². The fraction of sp³-hybridized carbons (Fsp3) is 0.350. The first-order chi connectivity index (χ1) is 12.2. The number of hydrogen-bond donors (Lipinski definition) is 0. The van der Waals surface area contributed by atoms with Gasteiger partial charge >= 0.3 is 5.97 Å². The van der Waals surface area contributed by atoms with E-state index >= 15 is 0 Å². The van der Waals surface area contributed by atoms with E-state index in [1.54, 1.807) is 27.2 Å². The van der Waals surface area contributed by atoms with Crippen molar-refractivity contribution in [2.45, 2.75) is 20.3 Å². The molecule has 5 heteroatoms. The summed E-state index contributed by atoms with van der Waals surface area (Å²) in [6.45, 7) is 4.33. The number of esters is 1. The summed E-state index contributed by atoms with van der Waals surface area (Å²) in [5.41, 5.74) is 1.99. The van der Waals surface area contributed by atoms with Gasteiger partial charge in [-0.15, -0.1) is 0 Å². The van der Waals surface area contributed by atoms with E-state index < -0.39 is 0 Å². The molecule has 0 aromatic heterocycles. The molecule has 0 spiro atoms. The summed E-state index contributed by atoms with van der Waals surface area (Å²) >= 11 is 0. The van der Waals surface area contributed by atoms with E-state index in [-0.39, 0.29) is 12.8 Å². The number of methoxy groups -OCH3 is 2. The zero-order valence-corrected chi connectivity index (χ0v) is 15.1. The molecule has 0 bridgehead atoms. The van der Waals surface area contributed by atoms with Gasteiger partial charge in [0.2, 0.25) is 0 Å². The van der Waals surface area contributed by atoms with Crippen molar-refractivity contribution in [3.05, 3.63) is 41.5 Å². The quantitative estimate of drug-likeness (QED) is 0.412. The van der Waals surface area contributed by atoms with Crippen LogP contribution in [0.25, 0.3) is 16.8 Å². The molecule has 0 amide bonds. The molecule has 0 heterocycles. The summed E-state index contributed by atoms with van der Waals surface area (Å²) in [6, 6.07) is 7.90. The van der Waals surface area contributed by atoms with Crippen LogP contribution in [0.15, 0.2) is 30.3 Å². The highest BCUT2D eigenvalue weighted by Crippen LogP contribution is 2.40. The van der Waals surface area contributed by atoms with Crippen molar-refractivity contribution in [1.82, 2.24) is 0 Å². The first kappa shape index (κ1) is 18.8. The molecule has 0 aliphatic carbocycles. The molecule has 0 unspecified atom stereocenters. The molecule has 0 atom stereocenters. The normalized spacial score (nSPS) is 11.0. The predicted octanol–water partition coefficient (Wildman–Crippen LogP) is 3.97. The number of ether oxygens (including phenoxy) is 4. The maximum Gasteiger partial charge on any atom is 0.330 e. The number of aryl methyl sites for hydroxylation is 1. The second-order valence-corrected chi connectivity index (χ2v) is 5.33. The molecule has 0 N–H and O–H groups in total. The van der Waals surface area contributed by atoms with E-state index in [0.29, 0.717) is 18.1 Å². The Morgan fingerprint density at radius 2 is 2.00 bits per heavy atom. The Morgan fingerprint density at radius 1 is 1.20 bits per heavy atom.